The molecular weight excluding hydrogens is 300 g/mol. The van der Waals surface area contributed by atoms with Crippen LogP contribution in [0, 0.1) is 5.92 Å². The van der Waals surface area contributed by atoms with Gasteiger partial charge >= 0.3 is 0 Å². The highest BCUT2D eigenvalue weighted by Gasteiger charge is 2.26. The monoisotopic (exact) mass is 328 g/mol. The number of nitrogens with one attached hydrogen (secondary N) is 1. The van der Waals surface area contributed by atoms with Crippen molar-refractivity contribution in [1.82, 2.24) is 10.2 Å². The molecule has 0 spiro atoms. The first-order valence-electron chi connectivity index (χ1n) is 9.32. The Labute approximate surface area is 144 Å². The standard InChI is InChI=1S/C20H28N2O2/c23-19(21-18-10-11-18)12-8-17-7-4-14-22(15-17)20(24)13-9-16-5-2-1-3-6-16/h1-3,5-6,17-18H,4,7-15H2,(H,21,23). The van der Waals surface area contributed by atoms with Crippen molar-refractivity contribution in [3.63, 3.8) is 0 Å². The molecule has 2 fully saturated rings. The van der Waals surface area contributed by atoms with Gasteiger partial charge in [0.15, 0.2) is 0 Å². The summed E-state index contributed by atoms with van der Waals surface area (Å²) < 4.78 is 0. The van der Waals surface area contributed by atoms with Crippen molar-refractivity contribution in [2.75, 3.05) is 13.1 Å². The van der Waals surface area contributed by atoms with Crippen LogP contribution >= 0.6 is 0 Å². The molecule has 1 atom stereocenters. The van der Waals surface area contributed by atoms with E-state index in [-0.39, 0.29) is 11.8 Å². The van der Waals surface area contributed by atoms with E-state index in [9.17, 15) is 9.59 Å². The van der Waals surface area contributed by atoms with Gasteiger partial charge in [-0.3, -0.25) is 9.59 Å². The lowest BCUT2D eigenvalue weighted by atomic mass is 9.93. The molecule has 1 N–H and O–H groups in total. The highest BCUT2D eigenvalue weighted by Crippen LogP contribution is 2.23. The Morgan fingerprint density at radius 3 is 2.62 bits per heavy atom. The number of piperidine rings is 1. The molecule has 1 aliphatic heterocycles. The number of hydrogen-bond acceptors (Lipinski definition) is 2. The van der Waals surface area contributed by atoms with Gasteiger partial charge in [0.05, 0.1) is 0 Å². The molecular formula is C20H28N2O2. The number of carbonyl (C=O) groups excluding carboxylic acids is 2. The second kappa shape index (κ2) is 8.32. The summed E-state index contributed by atoms with van der Waals surface area (Å²) in [5.74, 6) is 0.917. The summed E-state index contributed by atoms with van der Waals surface area (Å²) >= 11 is 0. The Balaban J connectivity index is 1.39. The van der Waals surface area contributed by atoms with Crippen molar-refractivity contribution in [2.45, 2.75) is 57.4 Å². The third-order valence-corrected chi connectivity index (χ3v) is 5.06. The highest BCUT2D eigenvalue weighted by molar-refractivity contribution is 5.77. The average Bonchev–Trinajstić information content (AvgIpc) is 3.43. The SMILES string of the molecule is O=C(CCC1CCCN(C(=O)CCc2ccccc2)C1)NC1CC1. The van der Waals surface area contributed by atoms with Gasteiger partial charge in [0.2, 0.25) is 11.8 Å². The van der Waals surface area contributed by atoms with E-state index < -0.39 is 0 Å². The fourth-order valence-electron chi connectivity index (χ4n) is 3.44. The normalized spacial score (nSPS) is 20.7. The summed E-state index contributed by atoms with van der Waals surface area (Å²) in [6.45, 7) is 1.70. The van der Waals surface area contributed by atoms with Gasteiger partial charge in [-0.05, 0) is 50.0 Å². The molecule has 2 amide bonds. The topological polar surface area (TPSA) is 49.4 Å². The third kappa shape index (κ3) is 5.36. The van der Waals surface area contributed by atoms with E-state index in [0.29, 0.717) is 24.8 Å². The fourth-order valence-corrected chi connectivity index (χ4v) is 3.44. The molecule has 2 aliphatic rings. The van der Waals surface area contributed by atoms with Gasteiger partial charge in [-0.15, -0.1) is 0 Å². The smallest absolute Gasteiger partial charge is 0.222 e. The fraction of sp³-hybridized carbons (Fsp3) is 0.600. The minimum absolute atomic E-state index is 0.185. The zero-order valence-electron chi connectivity index (χ0n) is 14.4. The molecule has 1 aromatic rings. The molecule has 0 aromatic heterocycles. The van der Waals surface area contributed by atoms with Crippen molar-refractivity contribution in [2.24, 2.45) is 5.92 Å². The van der Waals surface area contributed by atoms with E-state index in [2.05, 4.69) is 17.4 Å². The first kappa shape index (κ1) is 17.0. The van der Waals surface area contributed by atoms with Crippen LogP contribution < -0.4 is 5.32 Å². The second-order valence-corrected chi connectivity index (χ2v) is 7.21. The number of amides is 2. The molecule has 0 radical (unpaired) electrons. The highest BCUT2D eigenvalue weighted by atomic mass is 16.2. The molecule has 3 rings (SSSR count). The van der Waals surface area contributed by atoms with Crippen LogP contribution in [0.5, 0.6) is 0 Å². The lowest BCUT2D eigenvalue weighted by Crippen LogP contribution is -2.40. The number of aryl methyl sites for hydroxylation is 1. The lowest BCUT2D eigenvalue weighted by Gasteiger charge is -2.33. The maximum absolute atomic E-state index is 12.5. The first-order chi connectivity index (χ1) is 11.7. The molecule has 1 aromatic carbocycles. The van der Waals surface area contributed by atoms with Crippen LogP contribution in [0.3, 0.4) is 0 Å². The van der Waals surface area contributed by atoms with Crippen LogP contribution in [-0.4, -0.2) is 35.8 Å². The molecule has 1 heterocycles. The van der Waals surface area contributed by atoms with E-state index in [1.165, 1.54) is 5.56 Å². The van der Waals surface area contributed by atoms with Crippen molar-refractivity contribution in [3.05, 3.63) is 35.9 Å². The van der Waals surface area contributed by atoms with E-state index in [0.717, 1.165) is 51.6 Å². The maximum Gasteiger partial charge on any atom is 0.222 e. The van der Waals surface area contributed by atoms with E-state index in [4.69, 9.17) is 0 Å². The first-order valence-corrected chi connectivity index (χ1v) is 9.32. The Kier molecular flexibility index (Phi) is 5.89. The van der Waals surface area contributed by atoms with E-state index in [1.54, 1.807) is 0 Å². The quantitative estimate of drug-likeness (QED) is 0.836. The van der Waals surface area contributed by atoms with Gasteiger partial charge in [-0.1, -0.05) is 30.3 Å². The number of carbonyl (C=O) groups is 2. The molecule has 4 nitrogen and oxygen atoms in total. The molecule has 1 saturated heterocycles. The molecule has 1 aliphatic carbocycles. The zero-order valence-corrected chi connectivity index (χ0v) is 14.4. The Morgan fingerprint density at radius 2 is 1.88 bits per heavy atom. The van der Waals surface area contributed by atoms with Gasteiger partial charge in [0.1, 0.15) is 0 Å². The van der Waals surface area contributed by atoms with Gasteiger partial charge in [-0.2, -0.15) is 0 Å². The Morgan fingerprint density at radius 1 is 1.08 bits per heavy atom. The lowest BCUT2D eigenvalue weighted by molar-refractivity contribution is -0.133. The van der Waals surface area contributed by atoms with Crippen LogP contribution in [0.25, 0.3) is 0 Å². The van der Waals surface area contributed by atoms with Gasteiger partial charge in [0.25, 0.3) is 0 Å². The van der Waals surface area contributed by atoms with Gasteiger partial charge in [-0.25, -0.2) is 0 Å². The summed E-state index contributed by atoms with van der Waals surface area (Å²) in [5, 5.41) is 3.05. The largest absolute Gasteiger partial charge is 0.353 e. The Hall–Kier alpha value is -1.84. The summed E-state index contributed by atoms with van der Waals surface area (Å²) in [4.78, 5) is 26.3. The van der Waals surface area contributed by atoms with E-state index in [1.807, 2.05) is 23.1 Å². The number of nitrogens with zero attached hydrogens (tertiary/aromatic N) is 1. The summed E-state index contributed by atoms with van der Waals surface area (Å²) in [5.41, 5.74) is 1.22. The number of rotatable bonds is 7. The van der Waals surface area contributed by atoms with Crippen LogP contribution in [0.4, 0.5) is 0 Å². The molecule has 130 valence electrons. The van der Waals surface area contributed by atoms with E-state index >= 15 is 0 Å². The van der Waals surface area contributed by atoms with Crippen molar-refractivity contribution in [1.29, 1.82) is 0 Å². The molecule has 24 heavy (non-hydrogen) atoms. The number of hydrogen-bond donors (Lipinski definition) is 1. The van der Waals surface area contributed by atoms with Crippen LogP contribution in [0.15, 0.2) is 30.3 Å². The number of benzene rings is 1. The third-order valence-electron chi connectivity index (χ3n) is 5.06. The molecule has 1 saturated carbocycles. The zero-order chi connectivity index (χ0) is 16.8. The van der Waals surface area contributed by atoms with Crippen molar-refractivity contribution in [3.8, 4) is 0 Å². The average molecular weight is 328 g/mol. The molecule has 4 heteroatoms. The predicted molar refractivity (Wildman–Crippen MR) is 94.5 cm³/mol. The minimum atomic E-state index is 0.185. The second-order valence-electron chi connectivity index (χ2n) is 7.21. The van der Waals surface area contributed by atoms with Crippen LogP contribution in [-0.2, 0) is 16.0 Å². The molecule has 0 bridgehead atoms. The molecule has 1 unspecified atom stereocenters. The van der Waals surface area contributed by atoms with Crippen LogP contribution in [0.1, 0.15) is 50.5 Å². The van der Waals surface area contributed by atoms with Gasteiger partial charge in [0, 0.05) is 32.0 Å². The predicted octanol–water partition coefficient (Wildman–Crippen LogP) is 2.92. The summed E-state index contributed by atoms with van der Waals surface area (Å²) in [6.07, 6.45) is 7.38. The van der Waals surface area contributed by atoms with Crippen LogP contribution in [0.2, 0.25) is 0 Å². The summed E-state index contributed by atoms with van der Waals surface area (Å²) in [6, 6.07) is 10.6. The number of likely N-dealkylation sites (tertiary alicyclic amines) is 1. The minimum Gasteiger partial charge on any atom is -0.353 e. The Bertz CT molecular complexity index is 554. The summed E-state index contributed by atoms with van der Waals surface area (Å²) in [7, 11) is 0. The van der Waals surface area contributed by atoms with Crippen molar-refractivity contribution < 1.29 is 9.59 Å². The maximum atomic E-state index is 12.5. The van der Waals surface area contributed by atoms with Gasteiger partial charge < -0.3 is 10.2 Å². The van der Waals surface area contributed by atoms with Crippen molar-refractivity contribution >= 4 is 11.8 Å².